The fourth-order valence-electron chi connectivity index (χ4n) is 3.00. The van der Waals surface area contributed by atoms with Crippen molar-refractivity contribution in [1.82, 2.24) is 4.90 Å². The molecule has 1 saturated heterocycles. The number of piperidine rings is 1. The van der Waals surface area contributed by atoms with Crippen LogP contribution in [0.3, 0.4) is 0 Å². The lowest BCUT2D eigenvalue weighted by Gasteiger charge is -2.32. The van der Waals surface area contributed by atoms with Crippen LogP contribution in [-0.2, 0) is 6.42 Å². The van der Waals surface area contributed by atoms with Crippen LogP contribution in [0.25, 0.3) is 0 Å². The van der Waals surface area contributed by atoms with Crippen molar-refractivity contribution in [2.24, 2.45) is 5.92 Å². The molecule has 5 nitrogen and oxygen atoms in total. The zero-order valence-corrected chi connectivity index (χ0v) is 13.5. The van der Waals surface area contributed by atoms with E-state index in [2.05, 4.69) is 24.3 Å². The van der Waals surface area contributed by atoms with Crippen molar-refractivity contribution < 1.29 is 9.72 Å². The Morgan fingerprint density at radius 3 is 2.57 bits per heavy atom. The highest BCUT2D eigenvalue weighted by molar-refractivity contribution is 7.13. The number of amides is 1. The molecule has 2 aromatic rings. The molecule has 0 N–H and O–H groups in total. The van der Waals surface area contributed by atoms with Gasteiger partial charge >= 0.3 is 5.00 Å². The SMILES string of the molecule is O=C(c1csc([N+](=O)[O-])c1)N1CCC(Cc2ccccc2)CC1. The van der Waals surface area contributed by atoms with Crippen LogP contribution in [0.2, 0.25) is 0 Å². The lowest BCUT2D eigenvalue weighted by Crippen LogP contribution is -2.38. The van der Waals surface area contributed by atoms with E-state index in [0.717, 1.165) is 43.7 Å². The van der Waals surface area contributed by atoms with E-state index in [0.29, 0.717) is 11.5 Å². The molecule has 1 aliphatic heterocycles. The molecular weight excluding hydrogens is 312 g/mol. The van der Waals surface area contributed by atoms with Crippen LogP contribution in [0.1, 0.15) is 28.8 Å². The van der Waals surface area contributed by atoms with Gasteiger partial charge in [0.2, 0.25) is 0 Å². The molecule has 6 heteroatoms. The van der Waals surface area contributed by atoms with E-state index in [9.17, 15) is 14.9 Å². The van der Waals surface area contributed by atoms with Gasteiger partial charge in [-0.05, 0) is 30.7 Å². The van der Waals surface area contributed by atoms with E-state index in [4.69, 9.17) is 0 Å². The average molecular weight is 330 g/mol. The van der Waals surface area contributed by atoms with Gasteiger partial charge in [0.25, 0.3) is 5.91 Å². The molecule has 0 atom stereocenters. The molecule has 2 heterocycles. The predicted octanol–water partition coefficient (Wildman–Crippen LogP) is 3.75. The van der Waals surface area contributed by atoms with Crippen molar-refractivity contribution in [3.05, 3.63) is 63.0 Å². The smallest absolute Gasteiger partial charge is 0.324 e. The fraction of sp³-hybridized carbons (Fsp3) is 0.353. The third-order valence-electron chi connectivity index (χ3n) is 4.28. The van der Waals surface area contributed by atoms with Gasteiger partial charge in [-0.1, -0.05) is 41.7 Å². The third kappa shape index (κ3) is 3.76. The summed E-state index contributed by atoms with van der Waals surface area (Å²) >= 11 is 1.01. The normalized spacial score (nSPS) is 15.6. The van der Waals surface area contributed by atoms with Crippen molar-refractivity contribution in [3.8, 4) is 0 Å². The molecule has 1 aromatic carbocycles. The maximum absolute atomic E-state index is 12.4. The zero-order chi connectivity index (χ0) is 16.2. The van der Waals surface area contributed by atoms with Crippen LogP contribution in [0.4, 0.5) is 5.00 Å². The standard InChI is InChI=1S/C17H18N2O3S/c20-17(15-11-16(19(21)22)23-12-15)18-8-6-14(7-9-18)10-13-4-2-1-3-5-13/h1-5,11-12,14H,6-10H2. The molecule has 0 unspecified atom stereocenters. The third-order valence-corrected chi connectivity index (χ3v) is 5.16. The van der Waals surface area contributed by atoms with E-state index >= 15 is 0 Å². The Kier molecular flexibility index (Phi) is 4.71. The van der Waals surface area contributed by atoms with Gasteiger partial charge in [0.1, 0.15) is 0 Å². The van der Waals surface area contributed by atoms with E-state index in [1.54, 1.807) is 5.38 Å². The number of rotatable bonds is 4. The first-order chi connectivity index (χ1) is 11.1. The summed E-state index contributed by atoms with van der Waals surface area (Å²) in [7, 11) is 0. The highest BCUT2D eigenvalue weighted by atomic mass is 32.1. The van der Waals surface area contributed by atoms with Gasteiger partial charge in [-0.2, -0.15) is 0 Å². The number of nitro groups is 1. The lowest BCUT2D eigenvalue weighted by atomic mass is 9.90. The topological polar surface area (TPSA) is 63.4 Å². The van der Waals surface area contributed by atoms with Crippen LogP contribution >= 0.6 is 11.3 Å². The van der Waals surface area contributed by atoms with Crippen molar-refractivity contribution in [2.45, 2.75) is 19.3 Å². The van der Waals surface area contributed by atoms with Crippen molar-refractivity contribution in [1.29, 1.82) is 0 Å². The predicted molar refractivity (Wildman–Crippen MR) is 89.7 cm³/mol. The van der Waals surface area contributed by atoms with E-state index in [1.807, 2.05) is 11.0 Å². The second kappa shape index (κ2) is 6.91. The van der Waals surface area contributed by atoms with Crippen LogP contribution in [0.5, 0.6) is 0 Å². The van der Waals surface area contributed by atoms with Crippen molar-refractivity contribution >= 4 is 22.2 Å². The Bertz CT molecular complexity index is 691. The first-order valence-corrected chi connectivity index (χ1v) is 8.57. The summed E-state index contributed by atoms with van der Waals surface area (Å²) in [4.78, 5) is 24.5. The fourth-order valence-corrected chi connectivity index (χ4v) is 3.70. The number of carbonyl (C=O) groups is 1. The molecule has 0 bridgehead atoms. The largest absolute Gasteiger partial charge is 0.339 e. The van der Waals surface area contributed by atoms with Gasteiger partial charge in [0.15, 0.2) is 0 Å². The van der Waals surface area contributed by atoms with Crippen molar-refractivity contribution in [2.75, 3.05) is 13.1 Å². The van der Waals surface area contributed by atoms with Gasteiger partial charge in [0.05, 0.1) is 10.5 Å². The minimum atomic E-state index is -0.451. The molecule has 1 aliphatic rings. The summed E-state index contributed by atoms with van der Waals surface area (Å²) in [5.74, 6) is 0.505. The molecule has 1 aromatic heterocycles. The van der Waals surface area contributed by atoms with Crippen LogP contribution < -0.4 is 0 Å². The number of hydrogen-bond donors (Lipinski definition) is 0. The quantitative estimate of drug-likeness (QED) is 0.633. The van der Waals surface area contributed by atoms with Gasteiger partial charge in [-0.3, -0.25) is 14.9 Å². The summed E-state index contributed by atoms with van der Waals surface area (Å²) in [6.45, 7) is 1.44. The Balaban J connectivity index is 1.55. The minimum absolute atomic E-state index is 0.0207. The second-order valence-corrected chi connectivity index (χ2v) is 6.75. The molecule has 0 aliphatic carbocycles. The van der Waals surface area contributed by atoms with E-state index in [-0.39, 0.29) is 10.9 Å². The Hall–Kier alpha value is -2.21. The number of nitrogens with zero attached hydrogens (tertiary/aromatic N) is 2. The number of carbonyl (C=O) groups excluding carboxylic acids is 1. The Labute approximate surface area is 138 Å². The summed E-state index contributed by atoms with van der Waals surface area (Å²) in [5, 5.41) is 12.3. The Morgan fingerprint density at radius 1 is 1.26 bits per heavy atom. The summed E-state index contributed by atoms with van der Waals surface area (Å²) in [5.41, 5.74) is 1.77. The van der Waals surface area contributed by atoms with Gasteiger partial charge in [0, 0.05) is 24.5 Å². The average Bonchev–Trinajstić information content (AvgIpc) is 3.06. The highest BCUT2D eigenvalue weighted by Crippen LogP contribution is 2.26. The first kappa shape index (κ1) is 15.7. The van der Waals surface area contributed by atoms with Crippen LogP contribution in [0.15, 0.2) is 41.8 Å². The molecular formula is C17H18N2O3S. The zero-order valence-electron chi connectivity index (χ0n) is 12.7. The van der Waals surface area contributed by atoms with Gasteiger partial charge in [-0.15, -0.1) is 0 Å². The number of thiophene rings is 1. The van der Waals surface area contributed by atoms with Crippen molar-refractivity contribution in [3.63, 3.8) is 0 Å². The maximum atomic E-state index is 12.4. The number of benzene rings is 1. The monoisotopic (exact) mass is 330 g/mol. The molecule has 1 amide bonds. The molecule has 3 rings (SSSR count). The highest BCUT2D eigenvalue weighted by Gasteiger charge is 2.25. The van der Waals surface area contributed by atoms with E-state index in [1.165, 1.54) is 11.6 Å². The summed E-state index contributed by atoms with van der Waals surface area (Å²) < 4.78 is 0. The van der Waals surface area contributed by atoms with Gasteiger partial charge < -0.3 is 4.90 Å². The molecule has 0 spiro atoms. The molecule has 23 heavy (non-hydrogen) atoms. The van der Waals surface area contributed by atoms with Crippen LogP contribution in [0, 0.1) is 16.0 Å². The number of hydrogen-bond acceptors (Lipinski definition) is 4. The lowest BCUT2D eigenvalue weighted by molar-refractivity contribution is -0.380. The minimum Gasteiger partial charge on any atom is -0.339 e. The van der Waals surface area contributed by atoms with E-state index < -0.39 is 4.92 Å². The molecule has 1 fully saturated rings. The molecule has 0 radical (unpaired) electrons. The molecule has 0 saturated carbocycles. The van der Waals surface area contributed by atoms with Crippen LogP contribution in [-0.4, -0.2) is 28.8 Å². The summed E-state index contributed by atoms with van der Waals surface area (Å²) in [6, 6.07) is 11.8. The maximum Gasteiger partial charge on any atom is 0.324 e. The second-order valence-electron chi connectivity index (χ2n) is 5.86. The molecule has 120 valence electrons. The first-order valence-electron chi connectivity index (χ1n) is 7.69. The van der Waals surface area contributed by atoms with Gasteiger partial charge in [-0.25, -0.2) is 0 Å². The Morgan fingerprint density at radius 2 is 1.96 bits per heavy atom. The summed E-state index contributed by atoms with van der Waals surface area (Å²) in [6.07, 6.45) is 3.01. The number of likely N-dealkylation sites (tertiary alicyclic amines) is 1.